The van der Waals surface area contributed by atoms with Gasteiger partial charge in [0.15, 0.2) is 0 Å². The van der Waals surface area contributed by atoms with Crippen LogP contribution in [0.15, 0.2) is 0 Å². The minimum absolute atomic E-state index is 0.131. The summed E-state index contributed by atoms with van der Waals surface area (Å²) in [4.78, 5) is 2.48. The second kappa shape index (κ2) is 4.73. The highest BCUT2D eigenvalue weighted by molar-refractivity contribution is 4.98. The molecule has 0 aliphatic carbocycles. The lowest BCUT2D eigenvalue weighted by atomic mass is 9.74. The van der Waals surface area contributed by atoms with Gasteiger partial charge in [0, 0.05) is 19.7 Å². The van der Waals surface area contributed by atoms with Gasteiger partial charge in [-0.1, -0.05) is 13.8 Å². The Morgan fingerprint density at radius 2 is 2.25 bits per heavy atom. The Hall–Kier alpha value is -0.590. The van der Waals surface area contributed by atoms with E-state index in [2.05, 4.69) is 24.8 Å². The van der Waals surface area contributed by atoms with E-state index >= 15 is 0 Å². The first kappa shape index (κ1) is 11.9. The molecule has 0 N–H and O–H groups in total. The Kier molecular flexibility index (Phi) is 3.51. The summed E-state index contributed by atoms with van der Waals surface area (Å²) in [5, 5.41) is 9.10. The Balaban J connectivity index is 1.87. The second-order valence-corrected chi connectivity index (χ2v) is 5.83. The summed E-state index contributed by atoms with van der Waals surface area (Å²) in [6, 6.07) is 2.45. The highest BCUT2D eigenvalue weighted by Crippen LogP contribution is 2.34. The molecule has 0 bridgehead atoms. The molecule has 3 nitrogen and oxygen atoms in total. The van der Waals surface area contributed by atoms with Crippen LogP contribution in [0.25, 0.3) is 0 Å². The van der Waals surface area contributed by atoms with Gasteiger partial charge in [0.05, 0.1) is 18.1 Å². The fourth-order valence-electron chi connectivity index (χ4n) is 2.94. The van der Waals surface area contributed by atoms with Gasteiger partial charge in [-0.25, -0.2) is 0 Å². The van der Waals surface area contributed by atoms with E-state index in [-0.39, 0.29) is 11.3 Å². The van der Waals surface area contributed by atoms with E-state index in [1.54, 1.807) is 0 Å². The molecule has 2 rings (SSSR count). The van der Waals surface area contributed by atoms with Crippen molar-refractivity contribution in [3.05, 3.63) is 0 Å². The predicted molar refractivity (Wildman–Crippen MR) is 62.9 cm³/mol. The molecule has 0 spiro atoms. The summed E-state index contributed by atoms with van der Waals surface area (Å²) in [7, 11) is 0. The van der Waals surface area contributed by atoms with Crippen molar-refractivity contribution in [3.8, 4) is 6.07 Å². The van der Waals surface area contributed by atoms with Gasteiger partial charge in [-0.2, -0.15) is 5.26 Å². The normalized spacial score (nSPS) is 34.8. The number of likely N-dealkylation sites (tertiary alicyclic amines) is 1. The molecule has 2 fully saturated rings. The number of nitriles is 1. The molecule has 90 valence electrons. The zero-order valence-corrected chi connectivity index (χ0v) is 10.4. The van der Waals surface area contributed by atoms with E-state index in [1.807, 2.05) is 0 Å². The quantitative estimate of drug-likeness (QED) is 0.717. The number of ether oxygens (including phenoxy) is 1. The largest absolute Gasteiger partial charge is 0.377 e. The number of hydrogen-bond donors (Lipinski definition) is 0. The molecular weight excluding hydrogens is 200 g/mol. The summed E-state index contributed by atoms with van der Waals surface area (Å²) < 4.78 is 5.67. The van der Waals surface area contributed by atoms with Crippen LogP contribution in [-0.2, 0) is 4.74 Å². The van der Waals surface area contributed by atoms with Crippen LogP contribution in [0, 0.1) is 22.7 Å². The summed E-state index contributed by atoms with van der Waals surface area (Å²) in [5.41, 5.74) is 0.131. The first-order valence-electron chi connectivity index (χ1n) is 6.35. The number of piperidine rings is 1. The third kappa shape index (κ3) is 2.56. The molecule has 2 aliphatic rings. The fourth-order valence-corrected chi connectivity index (χ4v) is 2.94. The average molecular weight is 222 g/mol. The number of nitrogens with zero attached hydrogens (tertiary/aromatic N) is 2. The van der Waals surface area contributed by atoms with Gasteiger partial charge < -0.3 is 9.64 Å². The molecule has 2 saturated heterocycles. The standard InChI is InChI=1S/C13H22N2O/c1-13(2)10-15(6-5-11(13)8-14)9-12-4-3-7-16-12/h11-12H,3-7,9-10H2,1-2H3. The summed E-state index contributed by atoms with van der Waals surface area (Å²) in [6.45, 7) is 8.50. The van der Waals surface area contributed by atoms with Crippen LogP contribution in [0.2, 0.25) is 0 Å². The predicted octanol–water partition coefficient (Wildman–Crippen LogP) is 2.04. The maximum Gasteiger partial charge on any atom is 0.0702 e. The van der Waals surface area contributed by atoms with Gasteiger partial charge in [-0.05, 0) is 31.2 Å². The lowest BCUT2D eigenvalue weighted by Crippen LogP contribution is -2.47. The van der Waals surface area contributed by atoms with E-state index < -0.39 is 0 Å². The molecule has 2 aliphatic heterocycles. The van der Waals surface area contributed by atoms with Crippen molar-refractivity contribution in [2.45, 2.75) is 39.2 Å². The number of hydrogen-bond acceptors (Lipinski definition) is 3. The van der Waals surface area contributed by atoms with Crippen LogP contribution < -0.4 is 0 Å². The van der Waals surface area contributed by atoms with Crippen molar-refractivity contribution >= 4 is 0 Å². The molecule has 3 heteroatoms. The maximum absolute atomic E-state index is 9.10. The minimum Gasteiger partial charge on any atom is -0.377 e. The molecule has 0 aromatic carbocycles. The third-order valence-electron chi connectivity index (χ3n) is 3.95. The molecule has 2 heterocycles. The van der Waals surface area contributed by atoms with Gasteiger partial charge in [-0.15, -0.1) is 0 Å². The average Bonchev–Trinajstić information content (AvgIpc) is 2.69. The van der Waals surface area contributed by atoms with Crippen molar-refractivity contribution in [2.75, 3.05) is 26.2 Å². The Bertz CT molecular complexity index is 276. The monoisotopic (exact) mass is 222 g/mol. The molecule has 0 aromatic rings. The molecule has 0 amide bonds. The molecule has 2 unspecified atom stereocenters. The molecular formula is C13H22N2O. The summed E-state index contributed by atoms with van der Waals surface area (Å²) in [6.07, 6.45) is 3.87. The van der Waals surface area contributed by atoms with Gasteiger partial charge in [0.2, 0.25) is 0 Å². The van der Waals surface area contributed by atoms with E-state index in [0.29, 0.717) is 6.10 Å². The summed E-state index contributed by atoms with van der Waals surface area (Å²) >= 11 is 0. The lowest BCUT2D eigenvalue weighted by Gasteiger charge is -2.42. The van der Waals surface area contributed by atoms with Gasteiger partial charge in [-0.3, -0.25) is 0 Å². The highest BCUT2D eigenvalue weighted by atomic mass is 16.5. The van der Waals surface area contributed by atoms with Crippen LogP contribution in [0.3, 0.4) is 0 Å². The summed E-state index contributed by atoms with van der Waals surface area (Å²) in [5.74, 6) is 0.216. The molecule has 16 heavy (non-hydrogen) atoms. The first-order chi connectivity index (χ1) is 7.62. The Morgan fingerprint density at radius 3 is 2.81 bits per heavy atom. The molecule has 0 saturated carbocycles. The SMILES string of the molecule is CC1(C)CN(CC2CCCO2)CCC1C#N. The lowest BCUT2D eigenvalue weighted by molar-refractivity contribution is 0.0270. The topological polar surface area (TPSA) is 36.3 Å². The molecule has 0 radical (unpaired) electrons. The second-order valence-electron chi connectivity index (χ2n) is 5.83. The van der Waals surface area contributed by atoms with Gasteiger partial charge >= 0.3 is 0 Å². The minimum atomic E-state index is 0.131. The van der Waals surface area contributed by atoms with Crippen molar-refractivity contribution in [1.29, 1.82) is 5.26 Å². The van der Waals surface area contributed by atoms with Crippen molar-refractivity contribution < 1.29 is 4.74 Å². The van der Waals surface area contributed by atoms with Crippen molar-refractivity contribution in [3.63, 3.8) is 0 Å². The van der Waals surface area contributed by atoms with Crippen LogP contribution >= 0.6 is 0 Å². The van der Waals surface area contributed by atoms with Gasteiger partial charge in [0.1, 0.15) is 0 Å². The zero-order chi connectivity index (χ0) is 11.6. The fraction of sp³-hybridized carbons (Fsp3) is 0.923. The van der Waals surface area contributed by atoms with E-state index in [4.69, 9.17) is 10.00 Å². The Labute approximate surface area is 98.4 Å². The third-order valence-corrected chi connectivity index (χ3v) is 3.95. The Morgan fingerprint density at radius 1 is 1.44 bits per heavy atom. The van der Waals surface area contributed by atoms with Crippen LogP contribution in [0.4, 0.5) is 0 Å². The van der Waals surface area contributed by atoms with Crippen LogP contribution in [-0.4, -0.2) is 37.2 Å². The van der Waals surface area contributed by atoms with Gasteiger partial charge in [0.25, 0.3) is 0 Å². The number of rotatable bonds is 2. The van der Waals surface area contributed by atoms with Crippen LogP contribution in [0.1, 0.15) is 33.1 Å². The van der Waals surface area contributed by atoms with Crippen LogP contribution in [0.5, 0.6) is 0 Å². The van der Waals surface area contributed by atoms with E-state index in [9.17, 15) is 0 Å². The smallest absolute Gasteiger partial charge is 0.0702 e. The van der Waals surface area contributed by atoms with E-state index in [0.717, 1.165) is 32.7 Å². The molecule has 0 aromatic heterocycles. The zero-order valence-electron chi connectivity index (χ0n) is 10.4. The first-order valence-corrected chi connectivity index (χ1v) is 6.35. The molecule has 2 atom stereocenters. The maximum atomic E-state index is 9.10. The highest BCUT2D eigenvalue weighted by Gasteiger charge is 2.36. The van der Waals surface area contributed by atoms with Crippen molar-refractivity contribution in [2.24, 2.45) is 11.3 Å². The van der Waals surface area contributed by atoms with Crippen molar-refractivity contribution in [1.82, 2.24) is 4.90 Å². The van der Waals surface area contributed by atoms with E-state index in [1.165, 1.54) is 12.8 Å².